The van der Waals surface area contributed by atoms with Crippen LogP contribution in [0.1, 0.15) is 49.3 Å². The molecule has 0 bridgehead atoms. The van der Waals surface area contributed by atoms with Crippen molar-refractivity contribution in [1.29, 1.82) is 0 Å². The van der Waals surface area contributed by atoms with Gasteiger partial charge in [-0.1, -0.05) is 42.2 Å². The number of carbonyl (C=O) groups is 1. The minimum atomic E-state index is 0.0135. The maximum Gasteiger partial charge on any atom is 0.317 e. The summed E-state index contributed by atoms with van der Waals surface area (Å²) in [5.74, 6) is 6.65. The lowest BCUT2D eigenvalue weighted by atomic mass is 9.74. The molecule has 2 aliphatic heterocycles. The number of fused-ring (bicyclic) bond motifs is 1. The molecule has 2 aromatic rings. The lowest BCUT2D eigenvalue weighted by Crippen LogP contribution is -2.68. The molecule has 2 saturated heterocycles. The molecule has 0 saturated carbocycles. The number of nitrogens with one attached hydrogen (secondary N) is 1. The quantitative estimate of drug-likeness (QED) is 0.732. The number of hydrogen-bond acceptors (Lipinski definition) is 3. The number of urea groups is 1. The SMILES string of the molecule is CC(C)NC(=O)N1CCCCN2[C@H](C1)[C@@H](c1ccc(C#Cc3ccccc3)cc1)[C@@H]2CO. The summed E-state index contributed by atoms with van der Waals surface area (Å²) in [6, 6.07) is 18.8. The lowest BCUT2D eigenvalue weighted by molar-refractivity contribution is -0.0591. The second kappa shape index (κ2) is 10.2. The molecule has 2 heterocycles. The summed E-state index contributed by atoms with van der Waals surface area (Å²) in [4.78, 5) is 17.1. The molecule has 4 rings (SSSR count). The molecule has 5 nitrogen and oxygen atoms in total. The van der Waals surface area contributed by atoms with Crippen LogP contribution in [0.15, 0.2) is 54.6 Å². The summed E-state index contributed by atoms with van der Waals surface area (Å²) in [5, 5.41) is 13.2. The summed E-state index contributed by atoms with van der Waals surface area (Å²) in [7, 11) is 0. The fourth-order valence-corrected chi connectivity index (χ4v) is 4.92. The number of rotatable bonds is 3. The molecule has 5 heteroatoms. The Bertz CT molecular complexity index is 962. The van der Waals surface area contributed by atoms with Gasteiger partial charge in [-0.05, 0) is 63.1 Å². The monoisotopic (exact) mass is 431 g/mol. The molecule has 3 atom stereocenters. The van der Waals surface area contributed by atoms with Crippen molar-refractivity contribution < 1.29 is 9.90 Å². The Labute approximate surface area is 191 Å². The number of hydrogen-bond donors (Lipinski definition) is 2. The van der Waals surface area contributed by atoms with Crippen molar-refractivity contribution >= 4 is 6.03 Å². The van der Waals surface area contributed by atoms with Gasteiger partial charge in [0.1, 0.15) is 0 Å². The van der Waals surface area contributed by atoms with E-state index in [0.29, 0.717) is 6.54 Å². The average molecular weight is 432 g/mol. The van der Waals surface area contributed by atoms with E-state index in [1.165, 1.54) is 5.56 Å². The van der Waals surface area contributed by atoms with E-state index in [2.05, 4.69) is 46.3 Å². The molecule has 0 radical (unpaired) electrons. The summed E-state index contributed by atoms with van der Waals surface area (Å²) < 4.78 is 0. The van der Waals surface area contributed by atoms with Gasteiger partial charge in [0.05, 0.1) is 6.61 Å². The lowest BCUT2D eigenvalue weighted by Gasteiger charge is -2.57. The fourth-order valence-electron chi connectivity index (χ4n) is 4.92. The topological polar surface area (TPSA) is 55.8 Å². The number of aliphatic hydroxyl groups excluding tert-OH is 1. The normalized spacial score (nSPS) is 23.2. The van der Waals surface area contributed by atoms with E-state index in [9.17, 15) is 9.90 Å². The smallest absolute Gasteiger partial charge is 0.317 e. The van der Waals surface area contributed by atoms with Crippen molar-refractivity contribution in [1.82, 2.24) is 15.1 Å². The van der Waals surface area contributed by atoms with E-state index >= 15 is 0 Å². The van der Waals surface area contributed by atoms with Gasteiger partial charge in [-0.25, -0.2) is 4.79 Å². The van der Waals surface area contributed by atoms with Gasteiger partial charge in [0, 0.05) is 48.3 Å². The van der Waals surface area contributed by atoms with E-state index in [4.69, 9.17) is 0 Å². The van der Waals surface area contributed by atoms with Crippen LogP contribution in [0.25, 0.3) is 0 Å². The summed E-state index contributed by atoms with van der Waals surface area (Å²) in [5.41, 5.74) is 3.19. The third-order valence-corrected chi connectivity index (χ3v) is 6.49. The first kappa shape index (κ1) is 22.4. The van der Waals surface area contributed by atoms with Crippen molar-refractivity contribution in [2.75, 3.05) is 26.2 Å². The van der Waals surface area contributed by atoms with Gasteiger partial charge in [0.2, 0.25) is 0 Å². The molecule has 168 valence electrons. The van der Waals surface area contributed by atoms with Gasteiger partial charge in [0.25, 0.3) is 0 Å². The van der Waals surface area contributed by atoms with Gasteiger partial charge in [0.15, 0.2) is 0 Å². The summed E-state index contributed by atoms with van der Waals surface area (Å²) in [6.45, 7) is 6.57. The first-order chi connectivity index (χ1) is 15.6. The summed E-state index contributed by atoms with van der Waals surface area (Å²) >= 11 is 0. The van der Waals surface area contributed by atoms with E-state index < -0.39 is 0 Å². The molecule has 0 unspecified atom stereocenters. The van der Waals surface area contributed by atoms with E-state index in [-0.39, 0.29) is 36.7 Å². The fraction of sp³-hybridized carbons (Fsp3) is 0.444. The molecule has 0 aromatic heterocycles. The highest BCUT2D eigenvalue weighted by atomic mass is 16.3. The van der Waals surface area contributed by atoms with Crippen LogP contribution in [0.3, 0.4) is 0 Å². The van der Waals surface area contributed by atoms with Gasteiger partial charge in [-0.15, -0.1) is 0 Å². The van der Waals surface area contributed by atoms with E-state index in [0.717, 1.165) is 37.1 Å². The number of carbonyl (C=O) groups excluding carboxylic acids is 1. The second-order valence-corrected chi connectivity index (χ2v) is 9.08. The molecule has 2 amide bonds. The highest BCUT2D eigenvalue weighted by molar-refractivity contribution is 5.74. The predicted octanol–water partition coefficient (Wildman–Crippen LogP) is 3.43. The maximum absolute atomic E-state index is 12.7. The average Bonchev–Trinajstić information content (AvgIpc) is 2.77. The van der Waals surface area contributed by atoms with Crippen LogP contribution in [0.2, 0.25) is 0 Å². The molecular formula is C27H33N3O2. The first-order valence-electron chi connectivity index (χ1n) is 11.7. The van der Waals surface area contributed by atoms with Crippen LogP contribution in [0.5, 0.6) is 0 Å². The Kier molecular flexibility index (Phi) is 7.14. The predicted molar refractivity (Wildman–Crippen MR) is 127 cm³/mol. The van der Waals surface area contributed by atoms with Crippen molar-refractivity contribution in [3.8, 4) is 11.8 Å². The molecule has 2 aliphatic rings. The Hall–Kier alpha value is -2.81. The van der Waals surface area contributed by atoms with Crippen molar-refractivity contribution in [3.05, 3.63) is 71.3 Å². The number of aliphatic hydroxyl groups is 1. The Morgan fingerprint density at radius 1 is 1.03 bits per heavy atom. The molecule has 2 aromatic carbocycles. The van der Waals surface area contributed by atoms with E-state index in [1.807, 2.05) is 49.1 Å². The van der Waals surface area contributed by atoms with Crippen molar-refractivity contribution in [2.24, 2.45) is 0 Å². The molecule has 2 fully saturated rings. The molecular weight excluding hydrogens is 398 g/mol. The molecule has 2 N–H and O–H groups in total. The van der Waals surface area contributed by atoms with Crippen LogP contribution >= 0.6 is 0 Å². The van der Waals surface area contributed by atoms with Gasteiger partial charge < -0.3 is 15.3 Å². The van der Waals surface area contributed by atoms with Crippen LogP contribution in [-0.2, 0) is 0 Å². The Morgan fingerprint density at radius 3 is 2.34 bits per heavy atom. The third-order valence-electron chi connectivity index (χ3n) is 6.49. The second-order valence-electron chi connectivity index (χ2n) is 9.08. The van der Waals surface area contributed by atoms with Gasteiger partial charge >= 0.3 is 6.03 Å². The molecule has 32 heavy (non-hydrogen) atoms. The minimum Gasteiger partial charge on any atom is -0.395 e. The first-order valence-corrected chi connectivity index (χ1v) is 11.7. The van der Waals surface area contributed by atoms with Crippen LogP contribution in [0, 0.1) is 11.8 Å². The molecule has 0 aliphatic carbocycles. The van der Waals surface area contributed by atoms with Crippen molar-refractivity contribution in [3.63, 3.8) is 0 Å². The largest absolute Gasteiger partial charge is 0.395 e. The number of nitrogens with zero attached hydrogens (tertiary/aromatic N) is 2. The third kappa shape index (κ3) is 4.98. The van der Waals surface area contributed by atoms with Crippen LogP contribution in [-0.4, -0.2) is 65.3 Å². The zero-order valence-electron chi connectivity index (χ0n) is 19.0. The van der Waals surface area contributed by atoms with E-state index in [1.54, 1.807) is 0 Å². The molecule has 0 spiro atoms. The van der Waals surface area contributed by atoms with Crippen molar-refractivity contribution in [2.45, 2.75) is 50.7 Å². The van der Waals surface area contributed by atoms with Crippen LogP contribution < -0.4 is 5.32 Å². The zero-order chi connectivity index (χ0) is 22.5. The van der Waals surface area contributed by atoms with Gasteiger partial charge in [-0.2, -0.15) is 0 Å². The minimum absolute atomic E-state index is 0.0135. The van der Waals surface area contributed by atoms with Crippen LogP contribution in [0.4, 0.5) is 4.79 Å². The highest BCUT2D eigenvalue weighted by Crippen LogP contribution is 2.41. The Balaban J connectivity index is 1.51. The highest BCUT2D eigenvalue weighted by Gasteiger charge is 2.49. The number of benzene rings is 2. The summed E-state index contributed by atoms with van der Waals surface area (Å²) in [6.07, 6.45) is 2.03. The Morgan fingerprint density at radius 2 is 1.69 bits per heavy atom. The maximum atomic E-state index is 12.7. The number of amides is 2. The standard InChI is InChI=1S/C27H33N3O2/c1-20(2)28-27(32)29-16-6-7-17-30-24(18-29)26(25(30)19-31)23-14-12-22(13-15-23)11-10-21-8-4-3-5-9-21/h3-5,8-9,12-15,20,24-26,31H,6-7,16-19H2,1-2H3,(H,28,32)/t24-,25+,26-/m1/s1. The van der Waals surface area contributed by atoms with Gasteiger partial charge in [-0.3, -0.25) is 4.90 Å². The zero-order valence-corrected chi connectivity index (χ0v) is 19.0.